The molecule has 0 saturated carbocycles. The summed E-state index contributed by atoms with van der Waals surface area (Å²) in [4.78, 5) is 0. The van der Waals surface area contributed by atoms with Gasteiger partial charge in [0.1, 0.15) is 0 Å². The zero-order valence-corrected chi connectivity index (χ0v) is 7.11. The summed E-state index contributed by atoms with van der Waals surface area (Å²) >= 11 is 0. The maximum atomic E-state index is 6.76. The highest BCUT2D eigenvalue weighted by molar-refractivity contribution is 4.78. The minimum Gasteiger partial charge on any atom is -0.0888 e. The lowest BCUT2D eigenvalue weighted by molar-refractivity contribution is 0.506. The molecule has 57 valence electrons. The number of unbranched alkanes of at least 4 members (excludes halogenated alkanes) is 2. The molecule has 1 atom stereocenters. The lowest BCUT2D eigenvalue weighted by Gasteiger charge is -2.05. The average molecular weight is 137 g/mol. The maximum absolute atomic E-state index is 6.76. The first kappa shape index (κ1) is 9.56. The van der Waals surface area contributed by atoms with Crippen molar-refractivity contribution in [2.75, 3.05) is 0 Å². The van der Waals surface area contributed by atoms with Gasteiger partial charge in [0.15, 0.2) is 0 Å². The molecule has 0 aliphatic rings. The molecule has 0 heteroatoms. The summed E-state index contributed by atoms with van der Waals surface area (Å²) in [5.41, 5.74) is 0. The van der Waals surface area contributed by atoms with Crippen LogP contribution >= 0.6 is 0 Å². The highest BCUT2D eigenvalue weighted by Gasteiger charge is 1.97. The second-order valence-electron chi connectivity index (χ2n) is 2.98. The fourth-order valence-corrected chi connectivity index (χ4v) is 1.02. The predicted octanol–water partition coefficient (Wildman–Crippen LogP) is 3.18. The molecule has 0 saturated heterocycles. The summed E-state index contributed by atoms with van der Waals surface area (Å²) in [7, 11) is 0. The molecular formula is C10H17. The summed E-state index contributed by atoms with van der Waals surface area (Å²) in [5, 5.41) is 0. The Kier molecular flexibility index (Phi) is 6.38. The minimum atomic E-state index is 0.670. The van der Waals surface area contributed by atoms with E-state index in [0.29, 0.717) is 5.92 Å². The molecule has 0 N–H and O–H groups in total. The second kappa shape index (κ2) is 6.68. The van der Waals surface area contributed by atoms with Crippen LogP contribution in [0, 0.1) is 18.3 Å². The van der Waals surface area contributed by atoms with Crippen LogP contribution in [0.3, 0.4) is 0 Å². The zero-order valence-electron chi connectivity index (χ0n) is 7.11. The van der Waals surface area contributed by atoms with Crippen LogP contribution in [-0.2, 0) is 0 Å². The summed E-state index contributed by atoms with van der Waals surface area (Å²) in [6.07, 6.45) is 12.8. The van der Waals surface area contributed by atoms with Gasteiger partial charge in [-0.25, -0.2) is 0 Å². The van der Waals surface area contributed by atoms with Crippen molar-refractivity contribution in [1.29, 1.82) is 0 Å². The van der Waals surface area contributed by atoms with Crippen molar-refractivity contribution in [2.45, 2.75) is 46.0 Å². The van der Waals surface area contributed by atoms with E-state index in [1.165, 1.54) is 25.7 Å². The molecule has 0 aromatic rings. The average Bonchev–Trinajstić information content (AvgIpc) is 1.89. The van der Waals surface area contributed by atoms with Gasteiger partial charge < -0.3 is 0 Å². The molecule has 0 aromatic carbocycles. The molecule has 0 aromatic heterocycles. The van der Waals surface area contributed by atoms with E-state index < -0.39 is 0 Å². The number of hydrogen-bond acceptors (Lipinski definition) is 0. The van der Waals surface area contributed by atoms with Crippen LogP contribution in [-0.4, -0.2) is 0 Å². The quantitative estimate of drug-likeness (QED) is 0.403. The molecule has 0 amide bonds. The molecular weight excluding hydrogens is 120 g/mol. The van der Waals surface area contributed by atoms with Gasteiger partial charge in [0.25, 0.3) is 0 Å². The monoisotopic (exact) mass is 137 g/mol. The van der Waals surface area contributed by atoms with Gasteiger partial charge in [0.05, 0.1) is 0 Å². The number of hydrogen-bond donors (Lipinski definition) is 0. The van der Waals surface area contributed by atoms with Gasteiger partial charge in [-0.2, -0.15) is 0 Å². The second-order valence-corrected chi connectivity index (χ2v) is 2.98. The van der Waals surface area contributed by atoms with Gasteiger partial charge in [-0.3, -0.25) is 0 Å². The van der Waals surface area contributed by atoms with E-state index in [9.17, 15) is 0 Å². The highest BCUT2D eigenvalue weighted by Crippen LogP contribution is 2.11. The van der Waals surface area contributed by atoms with E-state index in [-0.39, 0.29) is 0 Å². The van der Waals surface area contributed by atoms with Crippen molar-refractivity contribution in [2.24, 2.45) is 5.92 Å². The molecule has 0 nitrogen and oxygen atoms in total. The predicted molar refractivity (Wildman–Crippen MR) is 45.1 cm³/mol. The van der Waals surface area contributed by atoms with Crippen molar-refractivity contribution in [3.63, 3.8) is 0 Å². The van der Waals surface area contributed by atoms with Gasteiger partial charge >= 0.3 is 0 Å². The Morgan fingerprint density at radius 1 is 1.40 bits per heavy atom. The zero-order chi connectivity index (χ0) is 7.82. The van der Waals surface area contributed by atoms with E-state index in [2.05, 4.69) is 19.8 Å². The van der Waals surface area contributed by atoms with Crippen molar-refractivity contribution in [3.8, 4) is 5.92 Å². The fraction of sp³-hybridized carbons (Fsp3) is 0.800. The van der Waals surface area contributed by atoms with Crippen molar-refractivity contribution in [3.05, 3.63) is 6.42 Å². The normalized spacial score (nSPS) is 12.5. The van der Waals surface area contributed by atoms with Crippen LogP contribution < -0.4 is 0 Å². The highest BCUT2D eigenvalue weighted by atomic mass is 14.0. The SMILES string of the molecule is [C]#CCC(C)CCCCC. The van der Waals surface area contributed by atoms with Gasteiger partial charge in [-0.15, -0.1) is 0 Å². The van der Waals surface area contributed by atoms with E-state index in [4.69, 9.17) is 6.42 Å². The smallest absolute Gasteiger partial charge is 0.0125 e. The topological polar surface area (TPSA) is 0 Å². The van der Waals surface area contributed by atoms with Crippen molar-refractivity contribution in [1.82, 2.24) is 0 Å². The van der Waals surface area contributed by atoms with Gasteiger partial charge in [-0.1, -0.05) is 39.0 Å². The van der Waals surface area contributed by atoms with Gasteiger partial charge in [0.2, 0.25) is 0 Å². The van der Waals surface area contributed by atoms with E-state index in [1.54, 1.807) is 0 Å². The first-order valence-electron chi connectivity index (χ1n) is 4.20. The summed E-state index contributed by atoms with van der Waals surface area (Å²) in [6.45, 7) is 4.41. The summed E-state index contributed by atoms with van der Waals surface area (Å²) in [5.74, 6) is 3.11. The molecule has 0 spiro atoms. The molecule has 0 aliphatic heterocycles. The summed E-state index contributed by atoms with van der Waals surface area (Å²) < 4.78 is 0. The lowest BCUT2D eigenvalue weighted by atomic mass is 10.0. The largest absolute Gasteiger partial charge is 0.0888 e. The van der Waals surface area contributed by atoms with E-state index in [0.717, 1.165) is 6.42 Å². The molecule has 0 fully saturated rings. The number of rotatable bonds is 5. The Hall–Kier alpha value is -0.440. The van der Waals surface area contributed by atoms with Gasteiger partial charge in [-0.05, 0) is 18.8 Å². The molecule has 0 aliphatic carbocycles. The Balaban J connectivity index is 3.06. The molecule has 1 radical (unpaired) electrons. The third kappa shape index (κ3) is 5.69. The van der Waals surface area contributed by atoms with Crippen LogP contribution in [0.25, 0.3) is 0 Å². The van der Waals surface area contributed by atoms with Crippen LogP contribution in [0.5, 0.6) is 0 Å². The van der Waals surface area contributed by atoms with Crippen molar-refractivity contribution >= 4 is 0 Å². The third-order valence-corrected chi connectivity index (χ3v) is 1.75. The van der Waals surface area contributed by atoms with Gasteiger partial charge in [0, 0.05) is 6.42 Å². The minimum absolute atomic E-state index is 0.670. The molecule has 0 rings (SSSR count). The standard InChI is InChI=1S/C10H17/c1-4-6-7-9-10(3)8-5-2/h10H,4,6-9H2,1,3H3. The Morgan fingerprint density at radius 3 is 2.60 bits per heavy atom. The van der Waals surface area contributed by atoms with E-state index >= 15 is 0 Å². The van der Waals surface area contributed by atoms with Crippen LogP contribution in [0.4, 0.5) is 0 Å². The molecule has 0 heterocycles. The lowest BCUT2D eigenvalue weighted by Crippen LogP contribution is -1.91. The first-order valence-corrected chi connectivity index (χ1v) is 4.20. The summed E-state index contributed by atoms with van der Waals surface area (Å²) in [6, 6.07) is 0. The molecule has 10 heavy (non-hydrogen) atoms. The van der Waals surface area contributed by atoms with Crippen molar-refractivity contribution < 1.29 is 0 Å². The molecule has 0 bridgehead atoms. The van der Waals surface area contributed by atoms with Crippen LogP contribution in [0.1, 0.15) is 46.0 Å². The fourth-order valence-electron chi connectivity index (χ4n) is 1.02. The molecule has 1 unspecified atom stereocenters. The Bertz CT molecular complexity index is 97.1. The third-order valence-electron chi connectivity index (χ3n) is 1.75. The Morgan fingerprint density at radius 2 is 2.10 bits per heavy atom. The van der Waals surface area contributed by atoms with Crippen LogP contribution in [0.15, 0.2) is 0 Å². The maximum Gasteiger partial charge on any atom is 0.0125 e. The van der Waals surface area contributed by atoms with E-state index in [1.807, 2.05) is 0 Å². The van der Waals surface area contributed by atoms with Crippen LogP contribution in [0.2, 0.25) is 0 Å². The first-order chi connectivity index (χ1) is 4.81. The Labute approximate surface area is 65.0 Å².